The number of amides is 1. The Kier molecular flexibility index (Phi) is 4.39. The first-order chi connectivity index (χ1) is 7.88. The molecule has 1 aromatic rings. The van der Waals surface area contributed by atoms with Gasteiger partial charge in [-0.15, -0.1) is 0 Å². The van der Waals surface area contributed by atoms with E-state index >= 15 is 0 Å². The Morgan fingerprint density at radius 2 is 2.12 bits per heavy atom. The third kappa shape index (κ3) is 4.36. The van der Waals surface area contributed by atoms with Crippen LogP contribution >= 0.6 is 0 Å². The van der Waals surface area contributed by atoms with Crippen LogP contribution in [0.1, 0.15) is 25.4 Å². The van der Waals surface area contributed by atoms with E-state index in [2.05, 4.69) is 9.97 Å². The van der Waals surface area contributed by atoms with Crippen LogP contribution in [0.15, 0.2) is 6.07 Å². The lowest BCUT2D eigenvalue weighted by atomic mass is 10.3. The van der Waals surface area contributed by atoms with Gasteiger partial charge in [0.25, 0.3) is 0 Å². The number of nitrogens with two attached hydrogens (primary N) is 2. The molecule has 1 aromatic heterocycles. The number of hydrogen-bond acceptors (Lipinski definition) is 5. The Labute approximate surface area is 101 Å². The molecule has 0 saturated carbocycles. The van der Waals surface area contributed by atoms with Crippen LogP contribution in [0.2, 0.25) is 0 Å². The quantitative estimate of drug-likeness (QED) is 0.754. The molecule has 1 amide bonds. The average molecular weight is 237 g/mol. The van der Waals surface area contributed by atoms with Gasteiger partial charge in [-0.3, -0.25) is 9.69 Å². The standard InChI is InChI=1S/C11H19N5O/c1-7(2)16(5-10(13)17)6-11-14-8(3)4-9(12)15-11/h4,7H,5-6H2,1-3H3,(H2,13,17)(H2,12,14,15). The monoisotopic (exact) mass is 237 g/mol. The minimum absolute atomic E-state index is 0.188. The second-order valence-corrected chi connectivity index (χ2v) is 4.32. The second kappa shape index (κ2) is 5.58. The fourth-order valence-corrected chi connectivity index (χ4v) is 1.53. The SMILES string of the molecule is Cc1cc(N)nc(CN(CC(N)=O)C(C)C)n1. The molecule has 0 unspecified atom stereocenters. The van der Waals surface area contributed by atoms with E-state index in [1.54, 1.807) is 6.07 Å². The number of hydrogen-bond donors (Lipinski definition) is 2. The highest BCUT2D eigenvalue weighted by Gasteiger charge is 2.14. The summed E-state index contributed by atoms with van der Waals surface area (Å²) in [5.74, 6) is 0.687. The Morgan fingerprint density at radius 1 is 1.47 bits per heavy atom. The predicted molar refractivity (Wildman–Crippen MR) is 65.9 cm³/mol. The fraction of sp³-hybridized carbons (Fsp3) is 0.545. The highest BCUT2D eigenvalue weighted by atomic mass is 16.1. The lowest BCUT2D eigenvalue weighted by molar-refractivity contribution is -0.119. The lowest BCUT2D eigenvalue weighted by Gasteiger charge is -2.24. The number of rotatable bonds is 5. The van der Waals surface area contributed by atoms with E-state index in [0.29, 0.717) is 18.2 Å². The van der Waals surface area contributed by atoms with Crippen molar-refractivity contribution in [3.63, 3.8) is 0 Å². The van der Waals surface area contributed by atoms with Gasteiger partial charge in [-0.25, -0.2) is 9.97 Å². The van der Waals surface area contributed by atoms with E-state index in [1.807, 2.05) is 25.7 Å². The third-order valence-corrected chi connectivity index (χ3v) is 2.35. The van der Waals surface area contributed by atoms with Gasteiger partial charge in [0.15, 0.2) is 0 Å². The predicted octanol–water partition coefficient (Wildman–Crippen LogP) is 0.0629. The minimum Gasteiger partial charge on any atom is -0.384 e. The molecule has 0 radical (unpaired) electrons. The van der Waals surface area contributed by atoms with Gasteiger partial charge in [0.1, 0.15) is 11.6 Å². The highest BCUT2D eigenvalue weighted by molar-refractivity contribution is 5.75. The first-order valence-electron chi connectivity index (χ1n) is 5.51. The molecule has 0 fully saturated rings. The molecule has 17 heavy (non-hydrogen) atoms. The number of aromatic nitrogens is 2. The Bertz CT molecular complexity index is 385. The van der Waals surface area contributed by atoms with Gasteiger partial charge in [-0.2, -0.15) is 0 Å². The molecular formula is C11H19N5O. The van der Waals surface area contributed by atoms with Crippen molar-refractivity contribution in [2.75, 3.05) is 12.3 Å². The summed E-state index contributed by atoms with van der Waals surface area (Å²) in [4.78, 5) is 21.3. The molecule has 0 atom stereocenters. The minimum atomic E-state index is -0.362. The molecule has 4 N–H and O–H groups in total. The number of primary amides is 1. The second-order valence-electron chi connectivity index (χ2n) is 4.32. The largest absolute Gasteiger partial charge is 0.384 e. The van der Waals surface area contributed by atoms with Crippen molar-refractivity contribution in [2.24, 2.45) is 5.73 Å². The zero-order valence-corrected chi connectivity index (χ0v) is 10.5. The third-order valence-electron chi connectivity index (χ3n) is 2.35. The topological polar surface area (TPSA) is 98.1 Å². The summed E-state index contributed by atoms with van der Waals surface area (Å²) in [5.41, 5.74) is 11.7. The fourth-order valence-electron chi connectivity index (χ4n) is 1.53. The molecule has 6 heteroatoms. The molecule has 0 aliphatic carbocycles. The molecule has 0 aliphatic heterocycles. The van der Waals surface area contributed by atoms with Gasteiger partial charge in [0.05, 0.1) is 13.1 Å². The Balaban J connectivity index is 2.81. The van der Waals surface area contributed by atoms with E-state index in [9.17, 15) is 4.79 Å². The van der Waals surface area contributed by atoms with Crippen LogP contribution in [-0.2, 0) is 11.3 Å². The van der Waals surface area contributed by atoms with E-state index < -0.39 is 0 Å². The van der Waals surface area contributed by atoms with Gasteiger partial charge < -0.3 is 11.5 Å². The number of aryl methyl sites for hydroxylation is 1. The van der Waals surface area contributed by atoms with Crippen molar-refractivity contribution in [1.82, 2.24) is 14.9 Å². The summed E-state index contributed by atoms with van der Waals surface area (Å²) >= 11 is 0. The van der Waals surface area contributed by atoms with E-state index in [-0.39, 0.29) is 18.5 Å². The van der Waals surface area contributed by atoms with Crippen LogP contribution in [0.5, 0.6) is 0 Å². The molecule has 6 nitrogen and oxygen atoms in total. The molecule has 0 aliphatic rings. The highest BCUT2D eigenvalue weighted by Crippen LogP contribution is 2.07. The molecular weight excluding hydrogens is 218 g/mol. The van der Waals surface area contributed by atoms with Gasteiger partial charge in [-0.05, 0) is 20.8 Å². The van der Waals surface area contributed by atoms with Crippen molar-refractivity contribution in [3.8, 4) is 0 Å². The molecule has 1 rings (SSSR count). The van der Waals surface area contributed by atoms with Crippen LogP contribution in [0.3, 0.4) is 0 Å². The molecule has 94 valence electrons. The van der Waals surface area contributed by atoms with Crippen molar-refractivity contribution >= 4 is 11.7 Å². The number of anilines is 1. The first-order valence-corrected chi connectivity index (χ1v) is 5.51. The Hall–Kier alpha value is -1.69. The van der Waals surface area contributed by atoms with Crippen LogP contribution in [0.4, 0.5) is 5.82 Å². The van der Waals surface area contributed by atoms with Gasteiger partial charge in [0, 0.05) is 17.8 Å². The van der Waals surface area contributed by atoms with Crippen LogP contribution in [0.25, 0.3) is 0 Å². The number of carbonyl (C=O) groups is 1. The number of carbonyl (C=O) groups excluding carboxylic acids is 1. The smallest absolute Gasteiger partial charge is 0.231 e. The van der Waals surface area contributed by atoms with E-state index in [4.69, 9.17) is 11.5 Å². The number of nitrogen functional groups attached to an aromatic ring is 1. The zero-order valence-electron chi connectivity index (χ0n) is 10.5. The van der Waals surface area contributed by atoms with Gasteiger partial charge in [0.2, 0.25) is 5.91 Å². The normalized spacial score (nSPS) is 11.1. The molecule has 1 heterocycles. The maximum atomic E-state index is 11.0. The Morgan fingerprint density at radius 3 is 2.59 bits per heavy atom. The van der Waals surface area contributed by atoms with Crippen LogP contribution < -0.4 is 11.5 Å². The molecule has 0 aromatic carbocycles. The van der Waals surface area contributed by atoms with Gasteiger partial charge >= 0.3 is 0 Å². The average Bonchev–Trinajstić information content (AvgIpc) is 2.13. The van der Waals surface area contributed by atoms with E-state index in [0.717, 1.165) is 5.69 Å². The van der Waals surface area contributed by atoms with Crippen LogP contribution in [-0.4, -0.2) is 33.4 Å². The number of nitrogens with zero attached hydrogens (tertiary/aromatic N) is 3. The van der Waals surface area contributed by atoms with Crippen molar-refractivity contribution in [3.05, 3.63) is 17.6 Å². The summed E-state index contributed by atoms with van der Waals surface area (Å²) in [7, 11) is 0. The first kappa shape index (κ1) is 13.4. The van der Waals surface area contributed by atoms with Crippen LogP contribution in [0, 0.1) is 6.92 Å². The molecule has 0 saturated heterocycles. The summed E-state index contributed by atoms with van der Waals surface area (Å²) in [6.45, 7) is 6.49. The lowest BCUT2D eigenvalue weighted by Crippen LogP contribution is -2.38. The van der Waals surface area contributed by atoms with Crippen molar-refractivity contribution in [2.45, 2.75) is 33.4 Å². The summed E-state index contributed by atoms with van der Waals surface area (Å²) in [6.07, 6.45) is 0. The summed E-state index contributed by atoms with van der Waals surface area (Å²) < 4.78 is 0. The van der Waals surface area contributed by atoms with E-state index in [1.165, 1.54) is 0 Å². The zero-order chi connectivity index (χ0) is 13.0. The summed E-state index contributed by atoms with van der Waals surface area (Å²) in [6, 6.07) is 1.89. The van der Waals surface area contributed by atoms with Crippen molar-refractivity contribution < 1.29 is 4.79 Å². The maximum absolute atomic E-state index is 11.0. The summed E-state index contributed by atoms with van der Waals surface area (Å²) in [5, 5.41) is 0. The van der Waals surface area contributed by atoms with Crippen molar-refractivity contribution in [1.29, 1.82) is 0 Å². The maximum Gasteiger partial charge on any atom is 0.231 e. The molecule has 0 bridgehead atoms. The van der Waals surface area contributed by atoms with Gasteiger partial charge in [-0.1, -0.05) is 0 Å². The molecule has 0 spiro atoms.